The molecule has 0 aliphatic rings. The summed E-state index contributed by atoms with van der Waals surface area (Å²) in [7, 11) is 0. The molecule has 0 bridgehead atoms. The van der Waals surface area contributed by atoms with Gasteiger partial charge in [0.25, 0.3) is 0 Å². The number of nitrogens with one attached hydrogen (secondary N) is 1. The van der Waals surface area contributed by atoms with E-state index in [9.17, 15) is 0 Å². The monoisotopic (exact) mass is 244 g/mol. The van der Waals surface area contributed by atoms with E-state index in [1.54, 1.807) is 18.0 Å². The van der Waals surface area contributed by atoms with E-state index in [4.69, 9.17) is 0 Å². The van der Waals surface area contributed by atoms with E-state index in [1.807, 2.05) is 12.3 Å². The Morgan fingerprint density at radius 2 is 2.00 bits per heavy atom. The highest BCUT2D eigenvalue weighted by molar-refractivity contribution is 7.98. The molecule has 1 heterocycles. The van der Waals surface area contributed by atoms with Crippen LogP contribution in [0.25, 0.3) is 0 Å². The molecule has 0 fully saturated rings. The molecule has 2 nitrogen and oxygen atoms in total. The van der Waals surface area contributed by atoms with Crippen LogP contribution >= 0.6 is 11.8 Å². The Balaban J connectivity index is 2.16. The molecule has 1 atom stereocenters. The van der Waals surface area contributed by atoms with Gasteiger partial charge in [0.1, 0.15) is 0 Å². The zero-order valence-corrected chi connectivity index (χ0v) is 10.9. The maximum Gasteiger partial charge on any atom is 0.0501 e. The Kier molecular flexibility index (Phi) is 4.04. The summed E-state index contributed by atoms with van der Waals surface area (Å²) in [4.78, 5) is 5.41. The number of hydrogen-bond acceptors (Lipinski definition) is 3. The first-order chi connectivity index (χ1) is 8.31. The number of para-hydroxylation sites is 1. The third kappa shape index (κ3) is 3.01. The maximum atomic E-state index is 4.14. The van der Waals surface area contributed by atoms with Gasteiger partial charge >= 0.3 is 0 Å². The summed E-state index contributed by atoms with van der Waals surface area (Å²) in [6, 6.07) is 12.7. The molecule has 0 amide bonds. The van der Waals surface area contributed by atoms with Crippen LogP contribution in [-0.4, -0.2) is 11.2 Å². The molecule has 1 aromatic carbocycles. The molecule has 3 heteroatoms. The van der Waals surface area contributed by atoms with Gasteiger partial charge in [-0.1, -0.05) is 18.2 Å². The molecule has 0 saturated heterocycles. The first kappa shape index (κ1) is 12.0. The van der Waals surface area contributed by atoms with Crippen molar-refractivity contribution in [2.24, 2.45) is 0 Å². The number of nitrogens with zero attached hydrogens (tertiary/aromatic N) is 1. The number of rotatable bonds is 4. The van der Waals surface area contributed by atoms with Crippen LogP contribution in [0.5, 0.6) is 0 Å². The van der Waals surface area contributed by atoms with E-state index < -0.39 is 0 Å². The topological polar surface area (TPSA) is 24.9 Å². The van der Waals surface area contributed by atoms with Crippen LogP contribution in [0.3, 0.4) is 0 Å². The van der Waals surface area contributed by atoms with Crippen molar-refractivity contribution in [1.82, 2.24) is 4.98 Å². The lowest BCUT2D eigenvalue weighted by Gasteiger charge is -2.17. The number of aromatic nitrogens is 1. The van der Waals surface area contributed by atoms with Gasteiger partial charge in [-0.15, -0.1) is 11.8 Å². The molecule has 0 radical (unpaired) electrons. The zero-order chi connectivity index (χ0) is 12.1. The Bertz CT molecular complexity index is 471. The summed E-state index contributed by atoms with van der Waals surface area (Å²) >= 11 is 1.75. The number of anilines is 1. The third-order valence-corrected chi connectivity index (χ3v) is 3.46. The molecule has 1 N–H and O–H groups in total. The van der Waals surface area contributed by atoms with E-state index in [0.29, 0.717) is 0 Å². The highest BCUT2D eigenvalue weighted by atomic mass is 32.2. The highest BCUT2D eigenvalue weighted by Crippen LogP contribution is 2.27. The van der Waals surface area contributed by atoms with Crippen LogP contribution in [0.15, 0.2) is 53.7 Å². The fourth-order valence-corrected chi connectivity index (χ4v) is 2.27. The number of pyridine rings is 1. The van der Waals surface area contributed by atoms with Gasteiger partial charge in [0.05, 0.1) is 6.04 Å². The predicted molar refractivity (Wildman–Crippen MR) is 74.5 cm³/mol. The first-order valence-electron chi connectivity index (χ1n) is 5.60. The van der Waals surface area contributed by atoms with Gasteiger partial charge in [0.2, 0.25) is 0 Å². The van der Waals surface area contributed by atoms with Crippen molar-refractivity contribution >= 4 is 17.4 Å². The Hall–Kier alpha value is -1.48. The summed E-state index contributed by atoms with van der Waals surface area (Å²) in [5.74, 6) is 0. The van der Waals surface area contributed by atoms with Gasteiger partial charge in [0, 0.05) is 23.0 Å². The summed E-state index contributed by atoms with van der Waals surface area (Å²) in [5.41, 5.74) is 2.37. The van der Waals surface area contributed by atoms with E-state index >= 15 is 0 Å². The average molecular weight is 244 g/mol. The smallest absolute Gasteiger partial charge is 0.0501 e. The lowest BCUT2D eigenvalue weighted by atomic mass is 10.1. The SMILES string of the molecule is CSc1ccccc1NC(C)c1cccnc1. The van der Waals surface area contributed by atoms with E-state index in [1.165, 1.54) is 16.1 Å². The molecule has 0 spiro atoms. The molecule has 0 aliphatic heterocycles. The lowest BCUT2D eigenvalue weighted by Crippen LogP contribution is -2.07. The molecule has 0 saturated carbocycles. The average Bonchev–Trinajstić information content (AvgIpc) is 2.40. The van der Waals surface area contributed by atoms with E-state index in [-0.39, 0.29) is 6.04 Å². The Labute approximate surface area is 106 Å². The van der Waals surface area contributed by atoms with Crippen LogP contribution < -0.4 is 5.32 Å². The van der Waals surface area contributed by atoms with Crippen molar-refractivity contribution in [3.63, 3.8) is 0 Å². The summed E-state index contributed by atoms with van der Waals surface area (Å²) in [5, 5.41) is 3.52. The highest BCUT2D eigenvalue weighted by Gasteiger charge is 2.07. The van der Waals surface area contributed by atoms with Gasteiger partial charge in [-0.2, -0.15) is 0 Å². The summed E-state index contributed by atoms with van der Waals surface area (Å²) in [6.07, 6.45) is 5.79. The minimum atomic E-state index is 0.261. The quantitative estimate of drug-likeness (QED) is 0.824. The van der Waals surface area contributed by atoms with Crippen molar-refractivity contribution in [3.8, 4) is 0 Å². The van der Waals surface area contributed by atoms with Crippen LogP contribution in [0.1, 0.15) is 18.5 Å². The van der Waals surface area contributed by atoms with Gasteiger partial charge in [0.15, 0.2) is 0 Å². The molecular weight excluding hydrogens is 228 g/mol. The number of hydrogen-bond donors (Lipinski definition) is 1. The maximum absolute atomic E-state index is 4.14. The van der Waals surface area contributed by atoms with Crippen LogP contribution in [0.4, 0.5) is 5.69 Å². The largest absolute Gasteiger partial charge is 0.378 e. The Morgan fingerprint density at radius 1 is 1.18 bits per heavy atom. The fourth-order valence-electron chi connectivity index (χ4n) is 1.71. The van der Waals surface area contributed by atoms with Gasteiger partial charge in [-0.25, -0.2) is 0 Å². The predicted octanol–water partition coefficient (Wildman–Crippen LogP) is 3.98. The molecule has 1 unspecified atom stereocenters. The molecule has 0 aliphatic carbocycles. The molecule has 88 valence electrons. The second-order valence-corrected chi connectivity index (χ2v) is 4.70. The van der Waals surface area contributed by atoms with Crippen LogP contribution in [-0.2, 0) is 0 Å². The third-order valence-electron chi connectivity index (χ3n) is 2.66. The van der Waals surface area contributed by atoms with Crippen molar-refractivity contribution in [1.29, 1.82) is 0 Å². The minimum absolute atomic E-state index is 0.261. The number of benzene rings is 1. The Morgan fingerprint density at radius 3 is 2.71 bits per heavy atom. The van der Waals surface area contributed by atoms with Crippen molar-refractivity contribution in [3.05, 3.63) is 54.4 Å². The standard InChI is InChI=1S/C14H16N2S/c1-11(12-6-5-9-15-10-12)16-13-7-3-4-8-14(13)17-2/h3-11,16H,1-2H3. The number of thioether (sulfide) groups is 1. The zero-order valence-electron chi connectivity index (χ0n) is 10.1. The summed E-state index contributed by atoms with van der Waals surface area (Å²) < 4.78 is 0. The second-order valence-electron chi connectivity index (χ2n) is 3.85. The fraction of sp³-hybridized carbons (Fsp3) is 0.214. The van der Waals surface area contributed by atoms with Crippen LogP contribution in [0, 0.1) is 0 Å². The van der Waals surface area contributed by atoms with Crippen molar-refractivity contribution in [2.45, 2.75) is 17.9 Å². The molecule has 2 rings (SSSR count). The molecule has 17 heavy (non-hydrogen) atoms. The van der Waals surface area contributed by atoms with Crippen molar-refractivity contribution in [2.75, 3.05) is 11.6 Å². The van der Waals surface area contributed by atoms with E-state index in [0.717, 1.165) is 0 Å². The first-order valence-corrected chi connectivity index (χ1v) is 6.83. The van der Waals surface area contributed by atoms with E-state index in [2.05, 4.69) is 53.8 Å². The minimum Gasteiger partial charge on any atom is -0.378 e. The normalized spacial score (nSPS) is 12.1. The van der Waals surface area contributed by atoms with Gasteiger partial charge in [-0.05, 0) is 36.9 Å². The van der Waals surface area contributed by atoms with Gasteiger partial charge < -0.3 is 5.32 Å². The molecular formula is C14H16N2S. The lowest BCUT2D eigenvalue weighted by molar-refractivity contribution is 0.871. The molecule has 2 aromatic rings. The van der Waals surface area contributed by atoms with Gasteiger partial charge in [-0.3, -0.25) is 4.98 Å². The second kappa shape index (κ2) is 5.73. The van der Waals surface area contributed by atoms with Crippen molar-refractivity contribution < 1.29 is 0 Å². The summed E-state index contributed by atoms with van der Waals surface area (Å²) in [6.45, 7) is 2.15. The molecule has 1 aromatic heterocycles. The van der Waals surface area contributed by atoms with Crippen LogP contribution in [0.2, 0.25) is 0 Å².